The summed E-state index contributed by atoms with van der Waals surface area (Å²) in [5.74, 6) is -0.488. The Morgan fingerprint density at radius 2 is 1.80 bits per heavy atom. The summed E-state index contributed by atoms with van der Waals surface area (Å²) < 4.78 is 0.955. The first kappa shape index (κ1) is 14.9. The number of hydrogen-bond acceptors (Lipinski definition) is 2. The number of halogens is 2. The van der Waals surface area contributed by atoms with Gasteiger partial charge in [-0.3, -0.25) is 4.79 Å². The smallest absolute Gasteiger partial charge is 0.259 e. The number of anilines is 1. The predicted octanol–water partition coefficient (Wildman–Crippen LogP) is 4.68. The van der Waals surface area contributed by atoms with Crippen LogP contribution in [0.4, 0.5) is 5.69 Å². The highest BCUT2D eigenvalue weighted by atomic mass is 79.9. The zero-order valence-corrected chi connectivity index (χ0v) is 13.3. The number of aryl methyl sites for hydroxylation is 2. The summed E-state index contributed by atoms with van der Waals surface area (Å²) in [5, 5.41) is 13.0. The Morgan fingerprint density at radius 3 is 2.40 bits per heavy atom. The normalized spacial score (nSPS) is 10.4. The van der Waals surface area contributed by atoms with E-state index < -0.39 is 5.91 Å². The van der Waals surface area contributed by atoms with Crippen molar-refractivity contribution in [2.75, 3.05) is 5.32 Å². The molecule has 0 fully saturated rings. The summed E-state index contributed by atoms with van der Waals surface area (Å²) in [5.41, 5.74) is 2.76. The molecule has 0 saturated carbocycles. The van der Waals surface area contributed by atoms with Crippen LogP contribution >= 0.6 is 27.5 Å². The van der Waals surface area contributed by atoms with Gasteiger partial charge in [-0.15, -0.1) is 0 Å². The topological polar surface area (TPSA) is 49.3 Å². The van der Waals surface area contributed by atoms with E-state index >= 15 is 0 Å². The highest BCUT2D eigenvalue weighted by molar-refractivity contribution is 9.10. The summed E-state index contributed by atoms with van der Waals surface area (Å²) in [7, 11) is 0. The Labute approximate surface area is 130 Å². The second-order valence-electron chi connectivity index (χ2n) is 4.53. The lowest BCUT2D eigenvalue weighted by atomic mass is 10.1. The minimum atomic E-state index is -0.390. The zero-order valence-electron chi connectivity index (χ0n) is 11.0. The van der Waals surface area contributed by atoms with Crippen LogP contribution in [0.3, 0.4) is 0 Å². The Bertz CT molecular complexity index is 663. The quantitative estimate of drug-likeness (QED) is 0.823. The summed E-state index contributed by atoms with van der Waals surface area (Å²) >= 11 is 9.26. The lowest BCUT2D eigenvalue weighted by Gasteiger charge is -2.13. The van der Waals surface area contributed by atoms with Gasteiger partial charge in [0.15, 0.2) is 0 Å². The van der Waals surface area contributed by atoms with E-state index in [4.69, 9.17) is 11.6 Å². The number of rotatable bonds is 2. The first-order valence-electron chi connectivity index (χ1n) is 5.95. The second kappa shape index (κ2) is 5.85. The first-order valence-corrected chi connectivity index (χ1v) is 7.12. The highest BCUT2D eigenvalue weighted by Gasteiger charge is 2.14. The number of benzene rings is 2. The van der Waals surface area contributed by atoms with Crippen LogP contribution in [-0.4, -0.2) is 11.0 Å². The summed E-state index contributed by atoms with van der Waals surface area (Å²) in [6.07, 6.45) is 0. The third kappa shape index (κ3) is 3.14. The van der Waals surface area contributed by atoms with Gasteiger partial charge in [-0.05, 0) is 55.3 Å². The minimum Gasteiger partial charge on any atom is -0.507 e. The molecule has 0 aliphatic rings. The van der Waals surface area contributed by atoms with Crippen molar-refractivity contribution in [3.8, 4) is 5.75 Å². The third-order valence-electron chi connectivity index (χ3n) is 2.94. The van der Waals surface area contributed by atoms with Crippen molar-refractivity contribution in [1.82, 2.24) is 0 Å². The van der Waals surface area contributed by atoms with Gasteiger partial charge in [-0.1, -0.05) is 27.5 Å². The Hall–Kier alpha value is -1.52. The van der Waals surface area contributed by atoms with Crippen molar-refractivity contribution in [2.45, 2.75) is 13.8 Å². The van der Waals surface area contributed by atoms with E-state index in [1.807, 2.05) is 26.0 Å². The van der Waals surface area contributed by atoms with Crippen LogP contribution in [0.25, 0.3) is 0 Å². The molecule has 2 aromatic carbocycles. The van der Waals surface area contributed by atoms with Crippen molar-refractivity contribution in [3.63, 3.8) is 0 Å². The maximum Gasteiger partial charge on any atom is 0.259 e. The molecule has 0 atom stereocenters. The summed E-state index contributed by atoms with van der Waals surface area (Å²) in [6.45, 7) is 3.82. The highest BCUT2D eigenvalue weighted by Crippen LogP contribution is 2.27. The van der Waals surface area contributed by atoms with Gasteiger partial charge in [-0.2, -0.15) is 0 Å². The van der Waals surface area contributed by atoms with E-state index in [0.717, 1.165) is 21.3 Å². The molecule has 2 N–H and O–H groups in total. The Balaban J connectivity index is 2.35. The van der Waals surface area contributed by atoms with Gasteiger partial charge in [0, 0.05) is 15.2 Å². The number of phenolic OH excluding ortho intramolecular Hbond substituents is 1. The molecule has 3 nitrogen and oxygen atoms in total. The van der Waals surface area contributed by atoms with E-state index in [2.05, 4.69) is 21.2 Å². The molecule has 0 bridgehead atoms. The number of amides is 1. The van der Waals surface area contributed by atoms with Gasteiger partial charge >= 0.3 is 0 Å². The molecule has 2 rings (SSSR count). The van der Waals surface area contributed by atoms with Crippen LogP contribution in [0.15, 0.2) is 34.8 Å². The monoisotopic (exact) mass is 353 g/mol. The molecule has 104 valence electrons. The van der Waals surface area contributed by atoms with Gasteiger partial charge in [0.1, 0.15) is 5.75 Å². The fourth-order valence-electron chi connectivity index (χ4n) is 1.98. The van der Waals surface area contributed by atoms with Crippen LogP contribution in [0.5, 0.6) is 5.75 Å². The molecule has 0 radical (unpaired) electrons. The predicted molar refractivity (Wildman–Crippen MR) is 84.7 cm³/mol. The van der Waals surface area contributed by atoms with E-state index in [9.17, 15) is 9.90 Å². The molecular formula is C15H13BrClNO2. The molecule has 0 unspecified atom stereocenters. The van der Waals surface area contributed by atoms with E-state index in [0.29, 0.717) is 5.02 Å². The lowest BCUT2D eigenvalue weighted by molar-refractivity contribution is 0.102. The number of hydrogen-bond donors (Lipinski definition) is 2. The fourth-order valence-corrected chi connectivity index (χ4v) is 2.84. The van der Waals surface area contributed by atoms with Crippen molar-refractivity contribution >= 4 is 39.1 Å². The Kier molecular flexibility index (Phi) is 4.35. The van der Waals surface area contributed by atoms with Crippen LogP contribution in [0.2, 0.25) is 5.02 Å². The Morgan fingerprint density at radius 1 is 1.20 bits per heavy atom. The number of carbonyl (C=O) groups excluding carboxylic acids is 1. The van der Waals surface area contributed by atoms with Crippen molar-refractivity contribution in [3.05, 3.63) is 56.5 Å². The van der Waals surface area contributed by atoms with Gasteiger partial charge in [0.2, 0.25) is 0 Å². The molecule has 0 aliphatic heterocycles. The summed E-state index contributed by atoms with van der Waals surface area (Å²) in [6, 6.07) is 8.21. The van der Waals surface area contributed by atoms with Crippen LogP contribution in [0, 0.1) is 13.8 Å². The number of nitrogens with one attached hydrogen (secondary N) is 1. The number of carbonyl (C=O) groups is 1. The summed E-state index contributed by atoms with van der Waals surface area (Å²) in [4.78, 5) is 12.2. The second-order valence-corrected chi connectivity index (χ2v) is 5.88. The molecule has 20 heavy (non-hydrogen) atoms. The van der Waals surface area contributed by atoms with E-state index in [1.54, 1.807) is 0 Å². The van der Waals surface area contributed by atoms with E-state index in [-0.39, 0.29) is 11.3 Å². The molecular weight excluding hydrogens is 342 g/mol. The molecule has 0 saturated heterocycles. The zero-order chi connectivity index (χ0) is 14.9. The molecule has 2 aromatic rings. The lowest BCUT2D eigenvalue weighted by Crippen LogP contribution is -2.14. The van der Waals surface area contributed by atoms with Gasteiger partial charge < -0.3 is 10.4 Å². The SMILES string of the molecule is Cc1cc(Br)cc(C)c1NC(=O)c1cc(Cl)ccc1O. The van der Waals surface area contributed by atoms with Gasteiger partial charge in [0.05, 0.1) is 5.56 Å². The standard InChI is InChI=1S/C15H13BrClNO2/c1-8-5-10(16)6-9(2)14(8)18-15(20)12-7-11(17)3-4-13(12)19/h3-7,19H,1-2H3,(H,18,20). The van der Waals surface area contributed by atoms with Crippen molar-refractivity contribution < 1.29 is 9.90 Å². The number of aromatic hydroxyl groups is 1. The molecule has 0 spiro atoms. The molecule has 0 aliphatic carbocycles. The minimum absolute atomic E-state index is 0.0979. The number of phenols is 1. The van der Waals surface area contributed by atoms with Crippen LogP contribution < -0.4 is 5.32 Å². The fraction of sp³-hybridized carbons (Fsp3) is 0.133. The largest absolute Gasteiger partial charge is 0.507 e. The van der Waals surface area contributed by atoms with Gasteiger partial charge in [0.25, 0.3) is 5.91 Å². The average Bonchev–Trinajstić information content (AvgIpc) is 2.36. The maximum atomic E-state index is 12.2. The molecule has 5 heteroatoms. The van der Waals surface area contributed by atoms with Gasteiger partial charge in [-0.25, -0.2) is 0 Å². The van der Waals surface area contributed by atoms with Crippen molar-refractivity contribution in [1.29, 1.82) is 0 Å². The molecule has 0 heterocycles. The molecule has 0 aromatic heterocycles. The van der Waals surface area contributed by atoms with Crippen LogP contribution in [-0.2, 0) is 0 Å². The first-order chi connectivity index (χ1) is 9.38. The maximum absolute atomic E-state index is 12.2. The average molecular weight is 355 g/mol. The third-order valence-corrected chi connectivity index (χ3v) is 3.63. The molecule has 1 amide bonds. The van der Waals surface area contributed by atoms with Crippen molar-refractivity contribution in [2.24, 2.45) is 0 Å². The van der Waals surface area contributed by atoms with E-state index in [1.165, 1.54) is 18.2 Å². The van der Waals surface area contributed by atoms with Crippen LogP contribution in [0.1, 0.15) is 21.5 Å².